The van der Waals surface area contributed by atoms with Crippen LogP contribution in [-0.2, 0) is 20.8 Å². The summed E-state index contributed by atoms with van der Waals surface area (Å²) in [5, 5.41) is 4.81. The molecule has 2 aromatic rings. The first-order chi connectivity index (χ1) is 17.3. The van der Waals surface area contributed by atoms with Crippen molar-refractivity contribution in [2.75, 3.05) is 21.3 Å². The molecule has 0 fully saturated rings. The lowest BCUT2D eigenvalue weighted by atomic mass is 10.0. The lowest BCUT2D eigenvalue weighted by molar-refractivity contribution is -0.137. The maximum Gasteiger partial charge on any atom is 0.408 e. The van der Waals surface area contributed by atoms with E-state index in [0.717, 1.165) is 5.56 Å². The first kappa shape index (κ1) is 29.9. The maximum absolute atomic E-state index is 13.9. The van der Waals surface area contributed by atoms with E-state index in [2.05, 4.69) is 10.3 Å². The second-order valence-corrected chi connectivity index (χ2v) is 10.7. The predicted octanol–water partition coefficient (Wildman–Crippen LogP) is 4.59. The quantitative estimate of drug-likeness (QED) is 0.439. The van der Waals surface area contributed by atoms with Gasteiger partial charge in [0, 0.05) is 17.0 Å². The third-order valence-electron chi connectivity index (χ3n) is 5.36. The van der Waals surface area contributed by atoms with Crippen LogP contribution in [0.3, 0.4) is 0 Å². The van der Waals surface area contributed by atoms with Gasteiger partial charge in [-0.3, -0.25) is 4.79 Å². The molecule has 37 heavy (non-hydrogen) atoms. The molecule has 10 nitrogen and oxygen atoms in total. The summed E-state index contributed by atoms with van der Waals surface area (Å²) in [5.74, 6) is 0.166. The second-order valence-electron chi connectivity index (χ2n) is 9.76. The van der Waals surface area contributed by atoms with Crippen molar-refractivity contribution in [1.82, 2.24) is 15.2 Å². The van der Waals surface area contributed by atoms with Gasteiger partial charge in [-0.2, -0.15) is 0 Å². The van der Waals surface area contributed by atoms with Crippen molar-refractivity contribution in [3.63, 3.8) is 0 Å². The molecule has 0 radical (unpaired) electrons. The molecule has 204 valence electrons. The molecule has 2 atom stereocenters. The zero-order valence-electron chi connectivity index (χ0n) is 22.9. The fourth-order valence-electron chi connectivity index (χ4n) is 3.67. The standard InChI is InChI=1S/C26H37N3O7S/c1-15(2)21(22-28-19(14-37-22)24(31)35-9)29(13-17-10-11-18(33-7)12-20(17)34-8)23(30)16(3)27-25(32)36-26(4,5)6/h10-12,14-16,21H,13H2,1-9H3,(H,27,32)/t16-,21?/m0/s1. The van der Waals surface area contributed by atoms with E-state index in [1.807, 2.05) is 19.9 Å². The highest BCUT2D eigenvalue weighted by atomic mass is 32.1. The number of thiazole rings is 1. The Morgan fingerprint density at radius 1 is 1.08 bits per heavy atom. The Hall–Kier alpha value is -3.34. The number of ether oxygens (including phenoxy) is 4. The fraction of sp³-hybridized carbons (Fsp3) is 0.538. The molecule has 1 unspecified atom stereocenters. The summed E-state index contributed by atoms with van der Waals surface area (Å²) >= 11 is 1.27. The number of benzene rings is 1. The summed E-state index contributed by atoms with van der Waals surface area (Å²) in [5.41, 5.74) is 0.188. The van der Waals surface area contributed by atoms with Crippen LogP contribution < -0.4 is 14.8 Å². The summed E-state index contributed by atoms with van der Waals surface area (Å²) < 4.78 is 21.0. The summed E-state index contributed by atoms with van der Waals surface area (Å²) in [6.07, 6.45) is -0.696. The molecule has 0 aliphatic heterocycles. The Bertz CT molecular complexity index is 1090. The smallest absolute Gasteiger partial charge is 0.408 e. The second kappa shape index (κ2) is 12.8. The molecular formula is C26H37N3O7S. The predicted molar refractivity (Wildman–Crippen MR) is 140 cm³/mol. The van der Waals surface area contributed by atoms with Crippen LogP contribution in [0.15, 0.2) is 23.6 Å². The average Bonchev–Trinajstić information content (AvgIpc) is 3.30. The molecule has 1 aromatic heterocycles. The number of hydrogen-bond acceptors (Lipinski definition) is 9. The van der Waals surface area contributed by atoms with Gasteiger partial charge < -0.3 is 29.2 Å². The van der Waals surface area contributed by atoms with Crippen LogP contribution in [0.5, 0.6) is 11.5 Å². The molecule has 0 saturated heterocycles. The van der Waals surface area contributed by atoms with Gasteiger partial charge in [0.1, 0.15) is 28.1 Å². The number of hydrogen-bond donors (Lipinski definition) is 1. The van der Waals surface area contributed by atoms with Crippen molar-refractivity contribution >= 4 is 29.3 Å². The van der Waals surface area contributed by atoms with E-state index in [-0.39, 0.29) is 24.1 Å². The molecule has 1 aromatic carbocycles. The minimum Gasteiger partial charge on any atom is -0.497 e. The van der Waals surface area contributed by atoms with Crippen LogP contribution in [0.2, 0.25) is 0 Å². The van der Waals surface area contributed by atoms with Crippen LogP contribution >= 0.6 is 11.3 Å². The highest BCUT2D eigenvalue weighted by molar-refractivity contribution is 7.09. The zero-order valence-corrected chi connectivity index (χ0v) is 23.7. The monoisotopic (exact) mass is 535 g/mol. The summed E-state index contributed by atoms with van der Waals surface area (Å²) in [7, 11) is 4.39. The van der Waals surface area contributed by atoms with Gasteiger partial charge in [-0.25, -0.2) is 14.6 Å². The number of carbonyl (C=O) groups excluding carboxylic acids is 3. The molecule has 2 amide bonds. The molecule has 0 aliphatic carbocycles. The lowest BCUT2D eigenvalue weighted by Gasteiger charge is -2.35. The van der Waals surface area contributed by atoms with Gasteiger partial charge in [-0.15, -0.1) is 11.3 Å². The molecular weight excluding hydrogens is 498 g/mol. The average molecular weight is 536 g/mol. The molecule has 1 heterocycles. The van der Waals surface area contributed by atoms with Crippen LogP contribution in [-0.4, -0.2) is 60.8 Å². The van der Waals surface area contributed by atoms with Crippen LogP contribution in [0, 0.1) is 5.92 Å². The molecule has 2 rings (SSSR count). The van der Waals surface area contributed by atoms with Gasteiger partial charge >= 0.3 is 12.1 Å². The zero-order chi connectivity index (χ0) is 27.9. The van der Waals surface area contributed by atoms with Crippen molar-refractivity contribution in [3.05, 3.63) is 39.8 Å². The Labute approximate surface area is 222 Å². The lowest BCUT2D eigenvalue weighted by Crippen LogP contribution is -2.49. The van der Waals surface area contributed by atoms with Crippen molar-refractivity contribution in [1.29, 1.82) is 0 Å². The number of amides is 2. The van der Waals surface area contributed by atoms with E-state index in [0.29, 0.717) is 16.5 Å². The van der Waals surface area contributed by atoms with Crippen molar-refractivity contribution < 1.29 is 33.3 Å². The van der Waals surface area contributed by atoms with Crippen molar-refractivity contribution in [2.45, 2.75) is 65.8 Å². The minimum atomic E-state index is -0.902. The number of nitrogens with zero attached hydrogens (tertiary/aromatic N) is 2. The number of aromatic nitrogens is 1. The van der Waals surface area contributed by atoms with E-state index in [1.54, 1.807) is 64.3 Å². The number of esters is 1. The normalized spacial score (nSPS) is 12.9. The van der Waals surface area contributed by atoms with E-state index >= 15 is 0 Å². The van der Waals surface area contributed by atoms with Crippen LogP contribution in [0.1, 0.15) is 68.6 Å². The number of nitrogens with one attached hydrogen (secondary N) is 1. The highest BCUT2D eigenvalue weighted by Crippen LogP contribution is 2.35. The first-order valence-corrected chi connectivity index (χ1v) is 12.7. The third kappa shape index (κ3) is 8.08. The van der Waals surface area contributed by atoms with Crippen molar-refractivity contribution in [2.24, 2.45) is 5.92 Å². The van der Waals surface area contributed by atoms with Gasteiger partial charge in [-0.1, -0.05) is 13.8 Å². The van der Waals surface area contributed by atoms with E-state index in [1.165, 1.54) is 18.4 Å². The van der Waals surface area contributed by atoms with Gasteiger partial charge in [0.25, 0.3) is 0 Å². The molecule has 0 saturated carbocycles. The Morgan fingerprint density at radius 3 is 2.30 bits per heavy atom. The van der Waals surface area contributed by atoms with E-state index in [4.69, 9.17) is 18.9 Å². The Kier molecular flexibility index (Phi) is 10.3. The summed E-state index contributed by atoms with van der Waals surface area (Å²) in [6.45, 7) is 10.9. The topological polar surface area (TPSA) is 116 Å². The highest BCUT2D eigenvalue weighted by Gasteiger charge is 2.35. The molecule has 1 N–H and O–H groups in total. The minimum absolute atomic E-state index is 0.0847. The number of methoxy groups -OCH3 is 3. The van der Waals surface area contributed by atoms with Gasteiger partial charge in [0.15, 0.2) is 5.69 Å². The van der Waals surface area contributed by atoms with Gasteiger partial charge in [-0.05, 0) is 45.7 Å². The molecule has 0 spiro atoms. The van der Waals surface area contributed by atoms with Crippen LogP contribution in [0.25, 0.3) is 0 Å². The van der Waals surface area contributed by atoms with E-state index < -0.39 is 29.7 Å². The van der Waals surface area contributed by atoms with E-state index in [9.17, 15) is 14.4 Å². The van der Waals surface area contributed by atoms with Crippen molar-refractivity contribution in [3.8, 4) is 11.5 Å². The van der Waals surface area contributed by atoms with Crippen LogP contribution in [0.4, 0.5) is 4.79 Å². The number of rotatable bonds is 10. The molecule has 0 aliphatic rings. The molecule has 0 bridgehead atoms. The fourth-order valence-corrected chi connectivity index (χ4v) is 4.75. The number of alkyl carbamates (subject to hydrolysis) is 1. The number of carbonyl (C=O) groups is 3. The maximum atomic E-state index is 13.9. The third-order valence-corrected chi connectivity index (χ3v) is 6.27. The summed E-state index contributed by atoms with van der Waals surface area (Å²) in [4.78, 5) is 44.4. The van der Waals surface area contributed by atoms with Gasteiger partial charge in [0.05, 0.1) is 33.9 Å². The summed E-state index contributed by atoms with van der Waals surface area (Å²) in [6, 6.07) is 3.93. The first-order valence-electron chi connectivity index (χ1n) is 11.9. The SMILES string of the molecule is COC(=O)c1csc(C(C(C)C)N(Cc2ccc(OC)cc2OC)C(=O)[C@H](C)NC(=O)OC(C)(C)C)n1. The molecule has 11 heteroatoms. The Morgan fingerprint density at radius 2 is 1.76 bits per heavy atom. The largest absolute Gasteiger partial charge is 0.497 e. The van der Waals surface area contributed by atoms with Gasteiger partial charge in [0.2, 0.25) is 5.91 Å². The Balaban J connectivity index is 2.51.